The first-order valence-electron chi connectivity index (χ1n) is 7.92. The van der Waals surface area contributed by atoms with Gasteiger partial charge in [0.05, 0.1) is 6.21 Å². The quantitative estimate of drug-likeness (QED) is 0.807. The van der Waals surface area contributed by atoms with Crippen LogP contribution in [0.4, 0.5) is 0 Å². The molecule has 0 radical (unpaired) electrons. The molecule has 2 aromatic rings. The van der Waals surface area contributed by atoms with Gasteiger partial charge in [0, 0.05) is 32.7 Å². The molecule has 114 valence electrons. The number of piperazine rings is 1. The van der Waals surface area contributed by atoms with Gasteiger partial charge in [0.15, 0.2) is 0 Å². The summed E-state index contributed by atoms with van der Waals surface area (Å²) in [4.78, 5) is 2.50. The highest BCUT2D eigenvalue weighted by Crippen LogP contribution is 2.09. The van der Waals surface area contributed by atoms with Gasteiger partial charge in [-0.2, -0.15) is 5.10 Å². The minimum absolute atomic E-state index is 0.995. The summed E-state index contributed by atoms with van der Waals surface area (Å²) < 4.78 is 0. The van der Waals surface area contributed by atoms with E-state index in [9.17, 15) is 0 Å². The fourth-order valence-corrected chi connectivity index (χ4v) is 2.73. The van der Waals surface area contributed by atoms with Crippen molar-refractivity contribution >= 4 is 6.21 Å². The van der Waals surface area contributed by atoms with E-state index < -0.39 is 0 Å². The zero-order chi connectivity index (χ0) is 15.2. The average molecular weight is 293 g/mol. The second kappa shape index (κ2) is 7.23. The van der Waals surface area contributed by atoms with E-state index in [1.165, 1.54) is 16.7 Å². The van der Waals surface area contributed by atoms with E-state index in [0.29, 0.717) is 0 Å². The summed E-state index contributed by atoms with van der Waals surface area (Å²) in [5, 5.41) is 6.81. The van der Waals surface area contributed by atoms with E-state index in [4.69, 9.17) is 0 Å². The smallest absolute Gasteiger partial charge is 0.0545 e. The Morgan fingerprint density at radius 2 is 1.59 bits per heavy atom. The second-order valence-corrected chi connectivity index (χ2v) is 5.82. The summed E-state index contributed by atoms with van der Waals surface area (Å²) >= 11 is 0. The lowest BCUT2D eigenvalue weighted by Gasteiger charge is -2.33. The van der Waals surface area contributed by atoms with Crippen molar-refractivity contribution in [3.8, 4) is 0 Å². The molecule has 1 aliphatic rings. The van der Waals surface area contributed by atoms with Crippen molar-refractivity contribution in [1.29, 1.82) is 0 Å². The minimum Gasteiger partial charge on any atom is -0.295 e. The Labute approximate surface area is 132 Å². The molecule has 2 aromatic carbocycles. The Kier molecular flexibility index (Phi) is 4.86. The maximum absolute atomic E-state index is 4.64. The molecule has 0 N–H and O–H groups in total. The van der Waals surface area contributed by atoms with Crippen LogP contribution >= 0.6 is 0 Å². The van der Waals surface area contributed by atoms with E-state index in [-0.39, 0.29) is 0 Å². The Hall–Kier alpha value is -2.13. The van der Waals surface area contributed by atoms with Crippen molar-refractivity contribution < 1.29 is 0 Å². The maximum atomic E-state index is 4.64. The van der Waals surface area contributed by atoms with Crippen LogP contribution < -0.4 is 0 Å². The number of hydrogen-bond acceptors (Lipinski definition) is 3. The van der Waals surface area contributed by atoms with Crippen molar-refractivity contribution in [1.82, 2.24) is 9.91 Å². The van der Waals surface area contributed by atoms with Crippen LogP contribution in [0.5, 0.6) is 0 Å². The predicted molar refractivity (Wildman–Crippen MR) is 92.1 cm³/mol. The Morgan fingerprint density at radius 3 is 2.32 bits per heavy atom. The topological polar surface area (TPSA) is 18.8 Å². The number of aryl methyl sites for hydroxylation is 1. The molecule has 0 atom stereocenters. The highest BCUT2D eigenvalue weighted by Gasteiger charge is 2.15. The Morgan fingerprint density at radius 1 is 0.909 bits per heavy atom. The first kappa shape index (κ1) is 14.8. The highest BCUT2D eigenvalue weighted by molar-refractivity contribution is 5.81. The third-order valence-corrected chi connectivity index (χ3v) is 4.15. The lowest BCUT2D eigenvalue weighted by atomic mass is 10.1. The standard InChI is InChI=1S/C19H23N3/c1-17-7-5-6-10-19(17)15-20-22-13-11-21(12-14-22)16-18-8-3-2-4-9-18/h2-10,15H,11-14,16H2,1H3. The molecule has 0 bridgehead atoms. The molecule has 3 heteroatoms. The van der Waals surface area contributed by atoms with Crippen molar-refractivity contribution in [2.24, 2.45) is 5.10 Å². The maximum Gasteiger partial charge on any atom is 0.0545 e. The van der Waals surface area contributed by atoms with Gasteiger partial charge in [-0.25, -0.2) is 0 Å². The number of benzene rings is 2. The molecule has 0 saturated carbocycles. The molecule has 22 heavy (non-hydrogen) atoms. The van der Waals surface area contributed by atoms with E-state index in [2.05, 4.69) is 76.5 Å². The first-order valence-corrected chi connectivity index (χ1v) is 7.92. The third-order valence-electron chi connectivity index (χ3n) is 4.15. The second-order valence-electron chi connectivity index (χ2n) is 5.82. The van der Waals surface area contributed by atoms with Crippen LogP contribution in [-0.2, 0) is 6.54 Å². The fourth-order valence-electron chi connectivity index (χ4n) is 2.73. The lowest BCUT2D eigenvalue weighted by molar-refractivity contribution is 0.131. The van der Waals surface area contributed by atoms with E-state index in [1.54, 1.807) is 0 Å². The predicted octanol–water partition coefficient (Wildman–Crippen LogP) is 3.15. The molecule has 1 fully saturated rings. The Balaban J connectivity index is 1.51. The zero-order valence-electron chi connectivity index (χ0n) is 13.2. The van der Waals surface area contributed by atoms with Gasteiger partial charge in [-0.3, -0.25) is 9.91 Å². The van der Waals surface area contributed by atoms with Crippen LogP contribution in [0.3, 0.4) is 0 Å². The first-order chi connectivity index (χ1) is 10.8. The van der Waals surface area contributed by atoms with Gasteiger partial charge in [-0.05, 0) is 23.6 Å². The van der Waals surface area contributed by atoms with E-state index in [0.717, 1.165) is 32.7 Å². The average Bonchev–Trinajstić information content (AvgIpc) is 2.56. The normalized spacial score (nSPS) is 16.3. The van der Waals surface area contributed by atoms with Gasteiger partial charge in [-0.1, -0.05) is 54.6 Å². The van der Waals surface area contributed by atoms with Crippen LogP contribution in [0.2, 0.25) is 0 Å². The lowest BCUT2D eigenvalue weighted by Crippen LogP contribution is -2.43. The van der Waals surface area contributed by atoms with Crippen molar-refractivity contribution in [2.75, 3.05) is 26.2 Å². The summed E-state index contributed by atoms with van der Waals surface area (Å²) in [5.74, 6) is 0. The van der Waals surface area contributed by atoms with Crippen molar-refractivity contribution in [2.45, 2.75) is 13.5 Å². The number of rotatable bonds is 4. The van der Waals surface area contributed by atoms with Crippen LogP contribution in [0, 0.1) is 6.92 Å². The molecule has 1 saturated heterocycles. The molecule has 0 amide bonds. The zero-order valence-corrected chi connectivity index (χ0v) is 13.2. The molecule has 0 aliphatic carbocycles. The SMILES string of the molecule is Cc1ccccc1C=NN1CCN(Cc2ccccc2)CC1. The molecule has 1 heterocycles. The highest BCUT2D eigenvalue weighted by atomic mass is 15.5. The van der Waals surface area contributed by atoms with Crippen LogP contribution in [-0.4, -0.2) is 42.3 Å². The van der Waals surface area contributed by atoms with E-state index >= 15 is 0 Å². The Bertz CT molecular complexity index is 614. The van der Waals surface area contributed by atoms with Gasteiger partial charge in [-0.15, -0.1) is 0 Å². The van der Waals surface area contributed by atoms with Gasteiger partial charge < -0.3 is 0 Å². The van der Waals surface area contributed by atoms with E-state index in [1.807, 2.05) is 6.21 Å². The molecule has 3 nitrogen and oxygen atoms in total. The molecular weight excluding hydrogens is 270 g/mol. The number of hydrogen-bond donors (Lipinski definition) is 0. The third kappa shape index (κ3) is 3.95. The molecule has 1 aliphatic heterocycles. The molecular formula is C19H23N3. The summed E-state index contributed by atoms with van der Waals surface area (Å²) in [6, 6.07) is 19.0. The van der Waals surface area contributed by atoms with Crippen molar-refractivity contribution in [3.63, 3.8) is 0 Å². The largest absolute Gasteiger partial charge is 0.295 e. The minimum atomic E-state index is 0.995. The fraction of sp³-hybridized carbons (Fsp3) is 0.316. The number of nitrogens with zero attached hydrogens (tertiary/aromatic N) is 3. The van der Waals surface area contributed by atoms with Gasteiger partial charge in [0.1, 0.15) is 0 Å². The molecule has 0 unspecified atom stereocenters. The summed E-state index contributed by atoms with van der Waals surface area (Å²) in [6.45, 7) is 7.29. The monoisotopic (exact) mass is 293 g/mol. The van der Waals surface area contributed by atoms with Crippen LogP contribution in [0.15, 0.2) is 59.7 Å². The summed E-state index contributed by atoms with van der Waals surface area (Å²) in [7, 11) is 0. The van der Waals surface area contributed by atoms with Crippen molar-refractivity contribution in [3.05, 3.63) is 71.3 Å². The number of hydrazone groups is 1. The van der Waals surface area contributed by atoms with Gasteiger partial charge in [0.25, 0.3) is 0 Å². The summed E-state index contributed by atoms with van der Waals surface area (Å²) in [5.41, 5.74) is 3.86. The summed E-state index contributed by atoms with van der Waals surface area (Å²) in [6.07, 6.45) is 1.99. The van der Waals surface area contributed by atoms with Gasteiger partial charge in [0.2, 0.25) is 0 Å². The molecule has 0 spiro atoms. The molecule has 0 aromatic heterocycles. The molecule has 3 rings (SSSR count). The van der Waals surface area contributed by atoms with Crippen LogP contribution in [0.1, 0.15) is 16.7 Å². The van der Waals surface area contributed by atoms with Crippen LogP contribution in [0.25, 0.3) is 0 Å². The van der Waals surface area contributed by atoms with Gasteiger partial charge >= 0.3 is 0 Å².